The van der Waals surface area contributed by atoms with Crippen LogP contribution in [0.3, 0.4) is 0 Å². The molecular formula is C11H9ClF3NO. The smallest absolute Gasteiger partial charge is 0.294 e. The third kappa shape index (κ3) is 2.97. The van der Waals surface area contributed by atoms with Crippen LogP contribution in [0.15, 0.2) is 12.1 Å². The summed E-state index contributed by atoms with van der Waals surface area (Å²) in [7, 11) is 0. The fourth-order valence-electron chi connectivity index (χ4n) is 1.49. The molecule has 17 heavy (non-hydrogen) atoms. The number of pyridine rings is 1. The van der Waals surface area contributed by atoms with Crippen LogP contribution in [-0.2, 0) is 6.18 Å². The van der Waals surface area contributed by atoms with E-state index in [-0.39, 0.29) is 16.5 Å². The Bertz CT molecular complexity index is 455. The lowest BCUT2D eigenvalue weighted by Gasteiger charge is -2.08. The van der Waals surface area contributed by atoms with Crippen molar-refractivity contribution in [3.63, 3.8) is 0 Å². The summed E-state index contributed by atoms with van der Waals surface area (Å²) in [6.07, 6.45) is -2.21. The minimum absolute atomic E-state index is 0.0755. The summed E-state index contributed by atoms with van der Waals surface area (Å²) in [5.41, 5.74) is -1.00. The molecule has 1 aromatic rings. The Hall–Kier alpha value is -1.10. The topological polar surface area (TPSA) is 30.0 Å². The van der Waals surface area contributed by atoms with E-state index in [1.807, 2.05) is 0 Å². The number of nitrogens with zero attached hydrogens (tertiary/aromatic N) is 1. The molecule has 0 unspecified atom stereocenters. The second-order valence-corrected chi connectivity index (χ2v) is 4.46. The standard InChI is InChI=1S/C11H9ClF3NO/c12-10-7(8(17)5-6-1-2-6)3-4-9(16-10)11(13,14)15/h3-4,6H,1-2,5H2. The van der Waals surface area contributed by atoms with Crippen molar-refractivity contribution in [1.82, 2.24) is 4.98 Å². The molecule has 0 saturated heterocycles. The van der Waals surface area contributed by atoms with Crippen molar-refractivity contribution in [3.05, 3.63) is 28.5 Å². The molecule has 0 N–H and O–H groups in total. The zero-order chi connectivity index (χ0) is 12.6. The molecule has 0 aromatic carbocycles. The highest BCUT2D eigenvalue weighted by molar-refractivity contribution is 6.32. The van der Waals surface area contributed by atoms with E-state index in [9.17, 15) is 18.0 Å². The molecular weight excluding hydrogens is 255 g/mol. The van der Waals surface area contributed by atoms with Gasteiger partial charge in [0.05, 0.1) is 5.56 Å². The summed E-state index contributed by atoms with van der Waals surface area (Å²) in [6, 6.07) is 1.88. The first kappa shape index (κ1) is 12.4. The van der Waals surface area contributed by atoms with Crippen LogP contribution in [0.2, 0.25) is 5.15 Å². The molecule has 1 fully saturated rings. The highest BCUT2D eigenvalue weighted by Gasteiger charge is 2.33. The number of hydrogen-bond acceptors (Lipinski definition) is 2. The van der Waals surface area contributed by atoms with Crippen LogP contribution in [0.25, 0.3) is 0 Å². The van der Waals surface area contributed by atoms with Crippen LogP contribution < -0.4 is 0 Å². The van der Waals surface area contributed by atoms with Crippen LogP contribution in [0, 0.1) is 5.92 Å². The van der Waals surface area contributed by atoms with Gasteiger partial charge in [0.25, 0.3) is 0 Å². The maximum Gasteiger partial charge on any atom is 0.433 e. The van der Waals surface area contributed by atoms with Gasteiger partial charge in [0, 0.05) is 6.42 Å². The number of carbonyl (C=O) groups is 1. The van der Waals surface area contributed by atoms with Crippen molar-refractivity contribution >= 4 is 17.4 Å². The van der Waals surface area contributed by atoms with Gasteiger partial charge >= 0.3 is 6.18 Å². The molecule has 92 valence electrons. The summed E-state index contributed by atoms with van der Waals surface area (Å²) >= 11 is 5.60. The first-order chi connectivity index (χ1) is 7.88. The third-order valence-electron chi connectivity index (χ3n) is 2.61. The van der Waals surface area contributed by atoms with E-state index >= 15 is 0 Å². The molecule has 2 rings (SSSR count). The van der Waals surface area contributed by atoms with E-state index in [2.05, 4.69) is 4.98 Å². The van der Waals surface area contributed by atoms with E-state index in [0.717, 1.165) is 25.0 Å². The predicted octanol–water partition coefficient (Wildman–Crippen LogP) is 3.74. The van der Waals surface area contributed by atoms with E-state index in [4.69, 9.17) is 11.6 Å². The Morgan fingerprint density at radius 2 is 2.06 bits per heavy atom. The molecule has 1 aromatic heterocycles. The molecule has 1 saturated carbocycles. The number of ketones is 1. The van der Waals surface area contributed by atoms with Gasteiger partial charge in [-0.1, -0.05) is 11.6 Å². The highest BCUT2D eigenvalue weighted by atomic mass is 35.5. The number of aromatic nitrogens is 1. The van der Waals surface area contributed by atoms with Crippen LogP contribution in [0.1, 0.15) is 35.3 Å². The Morgan fingerprint density at radius 1 is 1.41 bits per heavy atom. The van der Waals surface area contributed by atoms with Crippen molar-refractivity contribution in [2.24, 2.45) is 5.92 Å². The lowest BCUT2D eigenvalue weighted by atomic mass is 10.1. The lowest BCUT2D eigenvalue weighted by Crippen LogP contribution is -2.10. The van der Waals surface area contributed by atoms with Gasteiger partial charge < -0.3 is 0 Å². The molecule has 0 amide bonds. The molecule has 0 aliphatic heterocycles. The maximum atomic E-state index is 12.3. The van der Waals surface area contributed by atoms with Gasteiger partial charge in [-0.25, -0.2) is 4.98 Å². The van der Waals surface area contributed by atoms with Crippen molar-refractivity contribution in [2.45, 2.75) is 25.4 Å². The normalized spacial score (nSPS) is 16.0. The van der Waals surface area contributed by atoms with Gasteiger partial charge in [0.2, 0.25) is 0 Å². The van der Waals surface area contributed by atoms with E-state index in [0.29, 0.717) is 12.3 Å². The summed E-state index contributed by atoms with van der Waals surface area (Å²) in [4.78, 5) is 14.9. The number of rotatable bonds is 3. The van der Waals surface area contributed by atoms with Crippen molar-refractivity contribution in [2.75, 3.05) is 0 Å². The van der Waals surface area contributed by atoms with Crippen LogP contribution >= 0.6 is 11.6 Å². The summed E-state index contributed by atoms with van der Waals surface area (Å²) < 4.78 is 36.9. The highest BCUT2D eigenvalue weighted by Crippen LogP contribution is 2.35. The first-order valence-electron chi connectivity index (χ1n) is 5.15. The van der Waals surface area contributed by atoms with Crippen molar-refractivity contribution in [1.29, 1.82) is 0 Å². The van der Waals surface area contributed by atoms with E-state index < -0.39 is 11.9 Å². The molecule has 2 nitrogen and oxygen atoms in total. The Morgan fingerprint density at radius 3 is 2.53 bits per heavy atom. The zero-order valence-corrected chi connectivity index (χ0v) is 9.48. The third-order valence-corrected chi connectivity index (χ3v) is 2.90. The van der Waals surface area contributed by atoms with Gasteiger partial charge in [0.15, 0.2) is 5.78 Å². The average molecular weight is 264 g/mol. The van der Waals surface area contributed by atoms with Crippen molar-refractivity contribution in [3.8, 4) is 0 Å². The number of hydrogen-bond donors (Lipinski definition) is 0. The largest absolute Gasteiger partial charge is 0.433 e. The van der Waals surface area contributed by atoms with Crippen LogP contribution in [0.4, 0.5) is 13.2 Å². The predicted molar refractivity (Wildman–Crippen MR) is 55.9 cm³/mol. The van der Waals surface area contributed by atoms with Gasteiger partial charge in [-0.15, -0.1) is 0 Å². The van der Waals surface area contributed by atoms with Crippen LogP contribution in [0.5, 0.6) is 0 Å². The minimum atomic E-state index is -4.54. The molecule has 0 bridgehead atoms. The van der Waals surface area contributed by atoms with Crippen molar-refractivity contribution < 1.29 is 18.0 Å². The second kappa shape index (κ2) is 4.29. The maximum absolute atomic E-state index is 12.3. The molecule has 1 aliphatic carbocycles. The van der Waals surface area contributed by atoms with Crippen LogP contribution in [-0.4, -0.2) is 10.8 Å². The fourth-order valence-corrected chi connectivity index (χ4v) is 1.75. The zero-order valence-electron chi connectivity index (χ0n) is 8.72. The van der Waals surface area contributed by atoms with Gasteiger partial charge in [-0.3, -0.25) is 4.79 Å². The Balaban J connectivity index is 2.21. The molecule has 1 heterocycles. The van der Waals surface area contributed by atoms with E-state index in [1.54, 1.807) is 0 Å². The molecule has 1 aliphatic rings. The quantitative estimate of drug-likeness (QED) is 0.614. The molecule has 0 atom stereocenters. The molecule has 0 radical (unpaired) electrons. The van der Waals surface area contributed by atoms with E-state index in [1.165, 1.54) is 0 Å². The van der Waals surface area contributed by atoms with Gasteiger partial charge in [0.1, 0.15) is 10.8 Å². The Kier molecular flexibility index (Phi) is 3.12. The fraction of sp³-hybridized carbons (Fsp3) is 0.455. The second-order valence-electron chi connectivity index (χ2n) is 4.10. The summed E-state index contributed by atoms with van der Waals surface area (Å²) in [6.45, 7) is 0. The van der Waals surface area contributed by atoms with Gasteiger partial charge in [-0.2, -0.15) is 13.2 Å². The Labute approximate surface area is 101 Å². The monoisotopic (exact) mass is 263 g/mol. The number of carbonyl (C=O) groups excluding carboxylic acids is 1. The number of alkyl halides is 3. The molecule has 6 heteroatoms. The minimum Gasteiger partial charge on any atom is -0.294 e. The lowest BCUT2D eigenvalue weighted by molar-refractivity contribution is -0.141. The SMILES string of the molecule is O=C(CC1CC1)c1ccc(C(F)(F)F)nc1Cl. The average Bonchev–Trinajstić information content (AvgIpc) is 2.99. The number of halogens is 4. The van der Waals surface area contributed by atoms with Gasteiger partial charge in [-0.05, 0) is 30.9 Å². The number of Topliss-reactive ketones (excluding diaryl/α,β-unsaturated/α-hetero) is 1. The molecule has 0 spiro atoms. The first-order valence-corrected chi connectivity index (χ1v) is 5.52. The summed E-state index contributed by atoms with van der Waals surface area (Å²) in [5.74, 6) is 0.125. The summed E-state index contributed by atoms with van der Waals surface area (Å²) in [5, 5.41) is -0.370.